The lowest BCUT2D eigenvalue weighted by Gasteiger charge is -2.25. The zero-order valence-corrected chi connectivity index (χ0v) is 14.2. The molecule has 22 heavy (non-hydrogen) atoms. The van der Waals surface area contributed by atoms with Crippen LogP contribution in [0.3, 0.4) is 0 Å². The Morgan fingerprint density at radius 3 is 2.59 bits per heavy atom. The SMILES string of the molecule is CC(C)(CC(=O)N[C@H]1CC[C@@H](CO)C1)Cc1ccc(Cl)cc1. The average Bonchev–Trinajstić information content (AvgIpc) is 2.88. The molecule has 2 atom stereocenters. The van der Waals surface area contributed by atoms with Crippen molar-refractivity contribution >= 4 is 17.5 Å². The molecule has 3 nitrogen and oxygen atoms in total. The lowest BCUT2D eigenvalue weighted by molar-refractivity contribution is -0.123. The third-order valence-electron chi connectivity index (χ3n) is 4.40. The van der Waals surface area contributed by atoms with Crippen molar-refractivity contribution in [1.82, 2.24) is 5.32 Å². The number of hydrogen-bond acceptors (Lipinski definition) is 2. The summed E-state index contributed by atoms with van der Waals surface area (Å²) in [6.45, 7) is 4.47. The van der Waals surface area contributed by atoms with Gasteiger partial charge in [0, 0.05) is 24.1 Å². The number of rotatable bonds is 6. The number of nitrogens with one attached hydrogen (secondary N) is 1. The van der Waals surface area contributed by atoms with Crippen LogP contribution in [0.25, 0.3) is 0 Å². The van der Waals surface area contributed by atoms with Crippen LogP contribution in [0.1, 0.15) is 45.1 Å². The van der Waals surface area contributed by atoms with E-state index in [0.717, 1.165) is 30.7 Å². The van der Waals surface area contributed by atoms with Gasteiger partial charge in [0.05, 0.1) is 0 Å². The molecule has 1 amide bonds. The Morgan fingerprint density at radius 2 is 2.00 bits per heavy atom. The van der Waals surface area contributed by atoms with Crippen LogP contribution < -0.4 is 5.32 Å². The van der Waals surface area contributed by atoms with E-state index in [2.05, 4.69) is 19.2 Å². The van der Waals surface area contributed by atoms with Gasteiger partial charge in [0.15, 0.2) is 0 Å². The number of aliphatic hydroxyl groups excluding tert-OH is 1. The van der Waals surface area contributed by atoms with Gasteiger partial charge in [0.25, 0.3) is 0 Å². The summed E-state index contributed by atoms with van der Waals surface area (Å²) in [5.74, 6) is 0.468. The topological polar surface area (TPSA) is 49.3 Å². The summed E-state index contributed by atoms with van der Waals surface area (Å²) in [5, 5.41) is 13.0. The molecular weight excluding hydrogens is 298 g/mol. The van der Waals surface area contributed by atoms with Crippen LogP contribution in [0, 0.1) is 11.3 Å². The standard InChI is InChI=1S/C18H26ClNO2/c1-18(2,10-13-3-6-15(19)7-4-13)11-17(22)20-16-8-5-14(9-16)12-21/h3-4,6-7,14,16,21H,5,8-12H2,1-2H3,(H,20,22)/t14-,16+/m1/s1. The third kappa shape index (κ3) is 5.29. The molecule has 0 aromatic heterocycles. The second kappa shape index (κ2) is 7.47. The highest BCUT2D eigenvalue weighted by Gasteiger charge is 2.28. The molecule has 122 valence electrons. The van der Waals surface area contributed by atoms with E-state index >= 15 is 0 Å². The zero-order chi connectivity index (χ0) is 16.2. The lowest BCUT2D eigenvalue weighted by atomic mass is 9.82. The molecule has 2 rings (SSSR count). The predicted molar refractivity (Wildman–Crippen MR) is 89.9 cm³/mol. The minimum Gasteiger partial charge on any atom is -0.396 e. The van der Waals surface area contributed by atoms with Gasteiger partial charge in [-0.05, 0) is 54.7 Å². The first-order chi connectivity index (χ1) is 10.4. The summed E-state index contributed by atoms with van der Waals surface area (Å²) in [6.07, 6.45) is 4.25. The number of carbonyl (C=O) groups is 1. The largest absolute Gasteiger partial charge is 0.396 e. The highest BCUT2D eigenvalue weighted by atomic mass is 35.5. The Morgan fingerprint density at radius 1 is 1.32 bits per heavy atom. The van der Waals surface area contributed by atoms with Crippen LogP contribution in [0.5, 0.6) is 0 Å². The Kier molecular flexibility index (Phi) is 5.87. The summed E-state index contributed by atoms with van der Waals surface area (Å²) in [5.41, 5.74) is 1.11. The van der Waals surface area contributed by atoms with E-state index in [9.17, 15) is 4.79 Å². The smallest absolute Gasteiger partial charge is 0.220 e. The van der Waals surface area contributed by atoms with E-state index < -0.39 is 0 Å². The van der Waals surface area contributed by atoms with Gasteiger partial charge in [-0.15, -0.1) is 0 Å². The first-order valence-electron chi connectivity index (χ1n) is 8.02. The van der Waals surface area contributed by atoms with Crippen LogP contribution in [-0.4, -0.2) is 23.7 Å². The minimum absolute atomic E-state index is 0.0904. The van der Waals surface area contributed by atoms with Crippen molar-refractivity contribution < 1.29 is 9.90 Å². The molecule has 1 aromatic carbocycles. The van der Waals surface area contributed by atoms with Crippen molar-refractivity contribution in [3.63, 3.8) is 0 Å². The molecule has 1 aliphatic carbocycles. The summed E-state index contributed by atoms with van der Waals surface area (Å²) < 4.78 is 0. The molecule has 2 N–H and O–H groups in total. The average molecular weight is 324 g/mol. The van der Waals surface area contributed by atoms with Gasteiger partial charge >= 0.3 is 0 Å². The summed E-state index contributed by atoms with van der Waals surface area (Å²) in [4.78, 5) is 12.3. The van der Waals surface area contributed by atoms with Gasteiger partial charge < -0.3 is 10.4 Å². The van der Waals surface area contributed by atoms with Crippen molar-refractivity contribution in [2.24, 2.45) is 11.3 Å². The van der Waals surface area contributed by atoms with Gasteiger partial charge in [-0.25, -0.2) is 0 Å². The second-order valence-corrected chi connectivity index (χ2v) is 7.71. The van der Waals surface area contributed by atoms with Crippen LogP contribution in [-0.2, 0) is 11.2 Å². The highest BCUT2D eigenvalue weighted by molar-refractivity contribution is 6.30. The molecule has 0 heterocycles. The number of amides is 1. The van der Waals surface area contributed by atoms with Gasteiger partial charge in [-0.2, -0.15) is 0 Å². The van der Waals surface area contributed by atoms with Crippen LogP contribution in [0.2, 0.25) is 5.02 Å². The number of carbonyl (C=O) groups excluding carboxylic acids is 1. The van der Waals surface area contributed by atoms with Crippen LogP contribution in [0.15, 0.2) is 24.3 Å². The normalized spacial score (nSPS) is 21.8. The van der Waals surface area contributed by atoms with Gasteiger partial charge in [-0.3, -0.25) is 4.79 Å². The van der Waals surface area contributed by atoms with E-state index in [1.807, 2.05) is 24.3 Å². The zero-order valence-electron chi connectivity index (χ0n) is 13.4. The molecule has 0 radical (unpaired) electrons. The van der Waals surface area contributed by atoms with Crippen LogP contribution >= 0.6 is 11.6 Å². The molecule has 4 heteroatoms. The number of halogens is 1. The maximum absolute atomic E-state index is 12.3. The summed E-state index contributed by atoms with van der Waals surface area (Å²) in [6, 6.07) is 8.05. The molecular formula is C18H26ClNO2. The van der Waals surface area contributed by atoms with E-state index in [0.29, 0.717) is 12.3 Å². The molecule has 0 spiro atoms. The Labute approximate surface area is 138 Å². The van der Waals surface area contributed by atoms with Gasteiger partial charge in [-0.1, -0.05) is 37.6 Å². The number of benzene rings is 1. The van der Waals surface area contributed by atoms with Crippen molar-refractivity contribution in [1.29, 1.82) is 0 Å². The van der Waals surface area contributed by atoms with Gasteiger partial charge in [0.2, 0.25) is 5.91 Å². The fourth-order valence-electron chi connectivity index (χ4n) is 3.30. The van der Waals surface area contributed by atoms with Gasteiger partial charge in [0.1, 0.15) is 0 Å². The Hall–Kier alpha value is -1.06. The van der Waals surface area contributed by atoms with Crippen molar-refractivity contribution in [2.45, 2.75) is 52.0 Å². The molecule has 1 aliphatic rings. The minimum atomic E-state index is -0.0904. The summed E-state index contributed by atoms with van der Waals surface area (Å²) in [7, 11) is 0. The molecule has 0 bridgehead atoms. The van der Waals surface area contributed by atoms with Crippen molar-refractivity contribution in [2.75, 3.05) is 6.61 Å². The molecule has 1 fully saturated rings. The monoisotopic (exact) mass is 323 g/mol. The maximum Gasteiger partial charge on any atom is 0.220 e. The quantitative estimate of drug-likeness (QED) is 0.840. The van der Waals surface area contributed by atoms with E-state index in [1.54, 1.807) is 0 Å². The molecule has 1 aromatic rings. The van der Waals surface area contributed by atoms with Crippen molar-refractivity contribution in [3.8, 4) is 0 Å². The van der Waals surface area contributed by atoms with E-state index in [1.165, 1.54) is 5.56 Å². The molecule has 0 saturated heterocycles. The molecule has 1 saturated carbocycles. The first kappa shape index (κ1) is 17.3. The lowest BCUT2D eigenvalue weighted by Crippen LogP contribution is -2.36. The maximum atomic E-state index is 12.3. The highest BCUT2D eigenvalue weighted by Crippen LogP contribution is 2.28. The Balaban J connectivity index is 1.83. The first-order valence-corrected chi connectivity index (χ1v) is 8.40. The molecule has 0 aliphatic heterocycles. The van der Waals surface area contributed by atoms with Crippen LogP contribution in [0.4, 0.5) is 0 Å². The van der Waals surface area contributed by atoms with E-state index in [4.69, 9.17) is 16.7 Å². The molecule has 0 unspecified atom stereocenters. The Bertz CT molecular complexity index is 498. The summed E-state index contributed by atoms with van der Waals surface area (Å²) >= 11 is 5.90. The fourth-order valence-corrected chi connectivity index (χ4v) is 3.43. The third-order valence-corrected chi connectivity index (χ3v) is 4.65. The second-order valence-electron chi connectivity index (χ2n) is 7.27. The predicted octanol–water partition coefficient (Wildman–Crippen LogP) is 3.58. The van der Waals surface area contributed by atoms with Crippen molar-refractivity contribution in [3.05, 3.63) is 34.9 Å². The number of aliphatic hydroxyl groups is 1. The van der Waals surface area contributed by atoms with E-state index in [-0.39, 0.29) is 24.0 Å². The number of hydrogen-bond donors (Lipinski definition) is 2. The fraction of sp³-hybridized carbons (Fsp3) is 0.611.